The summed E-state index contributed by atoms with van der Waals surface area (Å²) in [4.78, 5) is 1.93. The lowest BCUT2D eigenvalue weighted by Crippen LogP contribution is -2.30. The number of thiophene rings is 1. The first-order valence-corrected chi connectivity index (χ1v) is 9.32. The fourth-order valence-corrected chi connectivity index (χ4v) is 6.29. The molecular formula is C13H17Br3S. The van der Waals surface area contributed by atoms with E-state index < -0.39 is 0 Å². The lowest BCUT2D eigenvalue weighted by molar-refractivity contribution is 0.137. The minimum Gasteiger partial charge on any atom is -0.131 e. The summed E-state index contributed by atoms with van der Waals surface area (Å²) >= 11 is 12.9. The van der Waals surface area contributed by atoms with E-state index in [-0.39, 0.29) is 0 Å². The van der Waals surface area contributed by atoms with Gasteiger partial charge in [0.2, 0.25) is 0 Å². The van der Waals surface area contributed by atoms with Gasteiger partial charge in [0.15, 0.2) is 0 Å². The van der Waals surface area contributed by atoms with Crippen molar-refractivity contribution in [2.75, 3.05) is 0 Å². The molecule has 0 aliphatic heterocycles. The molecule has 1 heterocycles. The zero-order valence-electron chi connectivity index (χ0n) is 10.1. The summed E-state index contributed by atoms with van der Waals surface area (Å²) in [6.45, 7) is 4.84. The number of alkyl halides is 1. The quantitative estimate of drug-likeness (QED) is 0.434. The molecule has 2 atom stereocenters. The van der Waals surface area contributed by atoms with Crippen LogP contribution in [0.2, 0.25) is 0 Å². The number of halogens is 3. The van der Waals surface area contributed by atoms with Crippen LogP contribution in [0.3, 0.4) is 0 Å². The van der Waals surface area contributed by atoms with Crippen LogP contribution in [0.1, 0.15) is 49.2 Å². The minimum atomic E-state index is 0.454. The second kappa shape index (κ2) is 5.64. The molecule has 4 heteroatoms. The molecule has 1 fully saturated rings. The molecule has 0 amide bonds. The normalized spacial score (nSPS) is 25.8. The first-order valence-electron chi connectivity index (χ1n) is 6.00. The van der Waals surface area contributed by atoms with Gasteiger partial charge in [0, 0.05) is 9.35 Å². The van der Waals surface area contributed by atoms with Crippen LogP contribution in [0.15, 0.2) is 14.3 Å². The van der Waals surface area contributed by atoms with Crippen molar-refractivity contribution in [3.63, 3.8) is 0 Å². The highest BCUT2D eigenvalue weighted by molar-refractivity contribution is 9.13. The predicted octanol–water partition coefficient (Wildman–Crippen LogP) is 6.93. The van der Waals surface area contributed by atoms with E-state index in [2.05, 4.69) is 67.7 Å². The van der Waals surface area contributed by atoms with Crippen LogP contribution in [0, 0.1) is 11.3 Å². The van der Waals surface area contributed by atoms with Crippen molar-refractivity contribution in [2.45, 2.75) is 44.4 Å². The third kappa shape index (κ3) is 3.18. The lowest BCUT2D eigenvalue weighted by Gasteiger charge is -2.41. The Morgan fingerprint density at radius 2 is 2.06 bits per heavy atom. The summed E-state index contributed by atoms with van der Waals surface area (Å²) in [6.07, 6.45) is 5.47. The Balaban J connectivity index is 2.21. The molecule has 0 nitrogen and oxygen atoms in total. The molecule has 1 aromatic rings. The van der Waals surface area contributed by atoms with Gasteiger partial charge in [-0.2, -0.15) is 0 Å². The third-order valence-corrected chi connectivity index (χ3v) is 8.65. The fraction of sp³-hybridized carbons (Fsp3) is 0.692. The van der Waals surface area contributed by atoms with E-state index in [9.17, 15) is 0 Å². The van der Waals surface area contributed by atoms with Crippen molar-refractivity contribution >= 4 is 59.1 Å². The molecule has 2 unspecified atom stereocenters. The van der Waals surface area contributed by atoms with Crippen LogP contribution in [0.5, 0.6) is 0 Å². The van der Waals surface area contributed by atoms with Crippen molar-refractivity contribution in [1.82, 2.24) is 0 Å². The Morgan fingerprint density at radius 3 is 2.59 bits per heavy atom. The molecule has 0 saturated heterocycles. The van der Waals surface area contributed by atoms with Gasteiger partial charge in [-0.1, -0.05) is 42.6 Å². The second-order valence-corrected chi connectivity index (χ2v) is 9.76. The predicted molar refractivity (Wildman–Crippen MR) is 87.1 cm³/mol. The average molecular weight is 445 g/mol. The van der Waals surface area contributed by atoms with Crippen molar-refractivity contribution in [1.29, 1.82) is 0 Å². The van der Waals surface area contributed by atoms with E-state index in [0.29, 0.717) is 10.2 Å². The van der Waals surface area contributed by atoms with Gasteiger partial charge in [-0.3, -0.25) is 0 Å². The molecular weight excluding hydrogens is 428 g/mol. The molecule has 0 radical (unpaired) electrons. The molecule has 0 spiro atoms. The van der Waals surface area contributed by atoms with E-state index in [0.717, 1.165) is 5.92 Å². The Kier molecular flexibility index (Phi) is 4.82. The van der Waals surface area contributed by atoms with Crippen LogP contribution < -0.4 is 0 Å². The van der Waals surface area contributed by atoms with E-state index in [1.807, 2.05) is 11.3 Å². The summed E-state index contributed by atoms with van der Waals surface area (Å²) in [7, 11) is 0. The smallest absolute Gasteiger partial charge is 0.0843 e. The van der Waals surface area contributed by atoms with E-state index in [1.54, 1.807) is 0 Å². The van der Waals surface area contributed by atoms with Gasteiger partial charge < -0.3 is 0 Å². The fourth-order valence-electron chi connectivity index (χ4n) is 2.76. The van der Waals surface area contributed by atoms with Crippen molar-refractivity contribution in [3.8, 4) is 0 Å². The highest BCUT2D eigenvalue weighted by Gasteiger charge is 2.37. The van der Waals surface area contributed by atoms with Gasteiger partial charge in [0.25, 0.3) is 0 Å². The molecule has 1 saturated carbocycles. The molecule has 17 heavy (non-hydrogen) atoms. The second-order valence-electron chi connectivity index (χ2n) is 5.51. The van der Waals surface area contributed by atoms with Gasteiger partial charge in [0.05, 0.1) is 8.61 Å². The highest BCUT2D eigenvalue weighted by atomic mass is 79.9. The number of hydrogen-bond acceptors (Lipinski definition) is 1. The molecule has 1 aliphatic rings. The molecule has 2 rings (SSSR count). The van der Waals surface area contributed by atoms with Crippen LogP contribution in [-0.4, -0.2) is 0 Å². The highest BCUT2D eigenvalue weighted by Crippen LogP contribution is 2.52. The Bertz CT molecular complexity index is 378. The van der Waals surface area contributed by atoms with Crippen LogP contribution >= 0.6 is 59.1 Å². The van der Waals surface area contributed by atoms with Crippen molar-refractivity contribution in [3.05, 3.63) is 19.2 Å². The Labute approximate surface area is 133 Å². The molecule has 0 bridgehead atoms. The monoisotopic (exact) mass is 442 g/mol. The number of hydrogen-bond donors (Lipinski definition) is 0. The third-order valence-electron chi connectivity index (χ3n) is 3.88. The molecule has 1 aliphatic carbocycles. The zero-order valence-corrected chi connectivity index (χ0v) is 15.7. The maximum atomic E-state index is 3.94. The SMILES string of the molecule is CC1(C)CCCCC1C(Br)c1cc(Br)c(Br)s1. The van der Waals surface area contributed by atoms with Crippen LogP contribution in [-0.2, 0) is 0 Å². The minimum absolute atomic E-state index is 0.454. The van der Waals surface area contributed by atoms with Crippen molar-refractivity contribution in [2.24, 2.45) is 11.3 Å². The summed E-state index contributed by atoms with van der Waals surface area (Å²) in [5.74, 6) is 0.744. The summed E-state index contributed by atoms with van der Waals surface area (Å²) in [5, 5.41) is 0. The molecule has 0 aromatic carbocycles. The van der Waals surface area contributed by atoms with Crippen molar-refractivity contribution < 1.29 is 0 Å². The van der Waals surface area contributed by atoms with E-state index in [1.165, 1.54) is 38.8 Å². The zero-order chi connectivity index (χ0) is 12.6. The Hall–Kier alpha value is 1.14. The average Bonchev–Trinajstić information content (AvgIpc) is 2.58. The first-order chi connectivity index (χ1) is 7.92. The molecule has 96 valence electrons. The number of rotatable bonds is 2. The van der Waals surface area contributed by atoms with E-state index >= 15 is 0 Å². The van der Waals surface area contributed by atoms with Gasteiger partial charge in [-0.15, -0.1) is 11.3 Å². The van der Waals surface area contributed by atoms with Crippen LogP contribution in [0.4, 0.5) is 0 Å². The summed E-state index contributed by atoms with van der Waals surface area (Å²) < 4.78 is 2.38. The lowest BCUT2D eigenvalue weighted by atomic mass is 9.67. The van der Waals surface area contributed by atoms with Crippen LogP contribution in [0.25, 0.3) is 0 Å². The van der Waals surface area contributed by atoms with Gasteiger partial charge in [-0.25, -0.2) is 0 Å². The maximum Gasteiger partial charge on any atom is 0.0843 e. The van der Waals surface area contributed by atoms with E-state index in [4.69, 9.17) is 0 Å². The van der Waals surface area contributed by atoms with Gasteiger partial charge in [-0.05, 0) is 62.1 Å². The standard InChI is InChI=1S/C13H17Br3S/c1-13(2)6-4-3-5-8(13)11(15)10-7-9(14)12(16)17-10/h7-8,11H,3-6H2,1-2H3. The largest absolute Gasteiger partial charge is 0.131 e. The summed E-state index contributed by atoms with van der Waals surface area (Å²) in [6, 6.07) is 2.25. The van der Waals surface area contributed by atoms with Gasteiger partial charge >= 0.3 is 0 Å². The molecule has 0 N–H and O–H groups in total. The summed E-state index contributed by atoms with van der Waals surface area (Å²) in [5.41, 5.74) is 0.454. The topological polar surface area (TPSA) is 0 Å². The Morgan fingerprint density at radius 1 is 1.35 bits per heavy atom. The van der Waals surface area contributed by atoms with Gasteiger partial charge in [0.1, 0.15) is 0 Å². The first kappa shape index (κ1) is 14.5. The molecule has 1 aromatic heterocycles. The maximum absolute atomic E-state index is 3.94.